The SMILES string of the molecule is CC1(C(=O)N(CCC(=O)O)C2CC2)COCC1NC(=O)OCC1c2ccccc2-c2ccccc21. The fraction of sp³-hybridized carbons (Fsp3) is 0.444. The Morgan fingerprint density at radius 2 is 1.71 bits per heavy atom. The van der Waals surface area contributed by atoms with E-state index in [0.29, 0.717) is 0 Å². The molecule has 3 aliphatic rings. The summed E-state index contributed by atoms with van der Waals surface area (Å²) in [6.45, 7) is 2.48. The molecule has 8 nitrogen and oxygen atoms in total. The first-order valence-corrected chi connectivity index (χ1v) is 12.1. The highest BCUT2D eigenvalue weighted by Crippen LogP contribution is 2.44. The summed E-state index contributed by atoms with van der Waals surface area (Å²) in [6, 6.07) is 15.8. The van der Waals surface area contributed by atoms with Crippen LogP contribution >= 0.6 is 0 Å². The lowest BCUT2D eigenvalue weighted by atomic mass is 9.83. The number of rotatable bonds is 8. The number of carbonyl (C=O) groups is 3. The van der Waals surface area contributed by atoms with Gasteiger partial charge in [-0.25, -0.2) is 4.79 Å². The highest BCUT2D eigenvalue weighted by molar-refractivity contribution is 5.85. The summed E-state index contributed by atoms with van der Waals surface area (Å²) in [5.41, 5.74) is 3.59. The van der Waals surface area contributed by atoms with Crippen molar-refractivity contribution in [2.75, 3.05) is 26.4 Å². The second kappa shape index (κ2) is 9.34. The zero-order chi connectivity index (χ0) is 24.6. The summed E-state index contributed by atoms with van der Waals surface area (Å²) < 4.78 is 11.3. The molecule has 0 bridgehead atoms. The monoisotopic (exact) mass is 478 g/mol. The van der Waals surface area contributed by atoms with Gasteiger partial charge in [0, 0.05) is 18.5 Å². The van der Waals surface area contributed by atoms with E-state index in [0.717, 1.165) is 35.1 Å². The van der Waals surface area contributed by atoms with Crippen molar-refractivity contribution >= 4 is 18.0 Å². The number of fused-ring (bicyclic) bond motifs is 3. The molecule has 184 valence electrons. The molecule has 2 aromatic carbocycles. The number of benzene rings is 2. The molecule has 1 aliphatic heterocycles. The summed E-state index contributed by atoms with van der Waals surface area (Å²) in [4.78, 5) is 39.0. The molecule has 2 N–H and O–H groups in total. The molecule has 2 unspecified atom stereocenters. The molecule has 1 heterocycles. The van der Waals surface area contributed by atoms with E-state index in [4.69, 9.17) is 14.6 Å². The molecule has 35 heavy (non-hydrogen) atoms. The minimum absolute atomic E-state index is 0.0534. The molecule has 2 fully saturated rings. The van der Waals surface area contributed by atoms with Crippen molar-refractivity contribution in [1.29, 1.82) is 0 Å². The van der Waals surface area contributed by atoms with Crippen molar-refractivity contribution in [2.45, 2.75) is 44.2 Å². The van der Waals surface area contributed by atoms with Crippen molar-refractivity contribution in [3.63, 3.8) is 0 Å². The third-order valence-corrected chi connectivity index (χ3v) is 7.39. The van der Waals surface area contributed by atoms with Crippen LogP contribution in [0.25, 0.3) is 11.1 Å². The maximum Gasteiger partial charge on any atom is 0.407 e. The Kier molecular flexibility index (Phi) is 6.23. The van der Waals surface area contributed by atoms with Gasteiger partial charge in [-0.05, 0) is 42.0 Å². The first-order valence-electron chi connectivity index (χ1n) is 12.1. The Morgan fingerprint density at radius 3 is 2.31 bits per heavy atom. The van der Waals surface area contributed by atoms with Crippen LogP contribution in [0.4, 0.5) is 4.79 Å². The number of carboxylic acids is 1. The molecule has 2 atom stereocenters. The van der Waals surface area contributed by atoms with Crippen LogP contribution in [0.2, 0.25) is 0 Å². The quantitative estimate of drug-likeness (QED) is 0.603. The predicted octanol–water partition coefficient (Wildman–Crippen LogP) is 3.40. The first kappa shape index (κ1) is 23.4. The molecule has 0 aromatic heterocycles. The predicted molar refractivity (Wildman–Crippen MR) is 128 cm³/mol. The zero-order valence-corrected chi connectivity index (χ0v) is 19.7. The summed E-state index contributed by atoms with van der Waals surface area (Å²) in [5.74, 6) is -1.17. The average molecular weight is 479 g/mol. The Labute approximate surface area is 204 Å². The van der Waals surface area contributed by atoms with Gasteiger partial charge in [-0.1, -0.05) is 48.5 Å². The molecule has 0 radical (unpaired) electrons. The Balaban J connectivity index is 1.24. The maximum absolute atomic E-state index is 13.5. The van der Waals surface area contributed by atoms with Crippen LogP contribution in [0, 0.1) is 5.41 Å². The number of ether oxygens (including phenoxy) is 2. The lowest BCUT2D eigenvalue weighted by Crippen LogP contribution is -2.55. The van der Waals surface area contributed by atoms with Gasteiger partial charge < -0.3 is 24.8 Å². The number of aliphatic carboxylic acids is 1. The summed E-state index contributed by atoms with van der Waals surface area (Å²) >= 11 is 0. The topological polar surface area (TPSA) is 105 Å². The third-order valence-electron chi connectivity index (χ3n) is 7.39. The van der Waals surface area contributed by atoms with Gasteiger partial charge in [0.25, 0.3) is 0 Å². The van der Waals surface area contributed by atoms with Gasteiger partial charge in [0.2, 0.25) is 5.91 Å². The number of carboxylic acid groups (broad SMARTS) is 1. The van der Waals surface area contributed by atoms with Gasteiger partial charge in [0.15, 0.2) is 0 Å². The van der Waals surface area contributed by atoms with Gasteiger partial charge in [0.05, 0.1) is 31.1 Å². The maximum atomic E-state index is 13.5. The molecule has 1 saturated heterocycles. The lowest BCUT2D eigenvalue weighted by molar-refractivity contribution is -0.144. The Hall–Kier alpha value is -3.39. The van der Waals surface area contributed by atoms with Crippen LogP contribution < -0.4 is 5.32 Å². The number of nitrogens with one attached hydrogen (secondary N) is 1. The normalized spacial score (nSPS) is 22.8. The van der Waals surface area contributed by atoms with Crippen LogP contribution in [0.3, 0.4) is 0 Å². The molecule has 2 amide bonds. The van der Waals surface area contributed by atoms with Gasteiger partial charge in [-0.2, -0.15) is 0 Å². The molecule has 5 rings (SSSR count). The van der Waals surface area contributed by atoms with Crippen LogP contribution in [-0.4, -0.2) is 66.4 Å². The number of carbonyl (C=O) groups excluding carboxylic acids is 2. The van der Waals surface area contributed by atoms with Gasteiger partial charge >= 0.3 is 12.1 Å². The van der Waals surface area contributed by atoms with Crippen molar-refractivity contribution in [3.8, 4) is 11.1 Å². The smallest absolute Gasteiger partial charge is 0.407 e. The van der Waals surface area contributed by atoms with Crippen LogP contribution in [0.15, 0.2) is 48.5 Å². The highest BCUT2D eigenvalue weighted by atomic mass is 16.5. The Morgan fingerprint density at radius 1 is 1.09 bits per heavy atom. The second-order valence-corrected chi connectivity index (χ2v) is 9.83. The number of amides is 2. The van der Waals surface area contributed by atoms with E-state index in [1.807, 2.05) is 24.3 Å². The first-order chi connectivity index (χ1) is 16.9. The van der Waals surface area contributed by atoms with Crippen molar-refractivity contribution in [2.24, 2.45) is 5.41 Å². The van der Waals surface area contributed by atoms with E-state index in [1.54, 1.807) is 11.8 Å². The number of hydrogen-bond donors (Lipinski definition) is 2. The zero-order valence-electron chi connectivity index (χ0n) is 19.7. The molecule has 2 aromatic rings. The van der Waals surface area contributed by atoms with Crippen LogP contribution in [-0.2, 0) is 19.1 Å². The Bertz CT molecular complexity index is 1100. The van der Waals surface area contributed by atoms with E-state index in [2.05, 4.69) is 29.6 Å². The van der Waals surface area contributed by atoms with Crippen LogP contribution in [0.5, 0.6) is 0 Å². The fourth-order valence-corrected chi connectivity index (χ4v) is 5.25. The largest absolute Gasteiger partial charge is 0.481 e. The molecular weight excluding hydrogens is 448 g/mol. The molecule has 0 spiro atoms. The molecule has 2 aliphatic carbocycles. The van der Waals surface area contributed by atoms with Crippen LogP contribution in [0.1, 0.15) is 43.2 Å². The van der Waals surface area contributed by atoms with Gasteiger partial charge in [-0.3, -0.25) is 9.59 Å². The van der Waals surface area contributed by atoms with Gasteiger partial charge in [0.1, 0.15) is 6.61 Å². The van der Waals surface area contributed by atoms with Gasteiger partial charge in [-0.15, -0.1) is 0 Å². The molecule has 8 heteroatoms. The number of nitrogens with zero attached hydrogens (tertiary/aromatic N) is 1. The number of hydrogen-bond acceptors (Lipinski definition) is 5. The second-order valence-electron chi connectivity index (χ2n) is 9.83. The van der Waals surface area contributed by atoms with Crippen molar-refractivity contribution < 1.29 is 29.0 Å². The summed E-state index contributed by atoms with van der Waals surface area (Å²) in [7, 11) is 0. The standard InChI is InChI=1S/C27H30N2O6/c1-27(25(32)29(17-10-11-17)13-12-24(30)31)16-34-15-23(27)28-26(33)35-14-22-20-8-4-2-6-18(20)19-7-3-5-9-21(19)22/h2-9,17,22-23H,10-16H2,1H3,(H,28,33)(H,30,31). The highest BCUT2D eigenvalue weighted by Gasteiger charge is 2.51. The van der Waals surface area contributed by atoms with Crippen molar-refractivity contribution in [1.82, 2.24) is 10.2 Å². The van der Waals surface area contributed by atoms with E-state index in [1.165, 1.54) is 0 Å². The minimum atomic E-state index is -0.979. The van der Waals surface area contributed by atoms with E-state index >= 15 is 0 Å². The van der Waals surface area contributed by atoms with E-state index in [-0.39, 0.29) is 50.7 Å². The fourth-order valence-electron chi connectivity index (χ4n) is 5.25. The number of alkyl carbamates (subject to hydrolysis) is 1. The lowest BCUT2D eigenvalue weighted by Gasteiger charge is -2.34. The van der Waals surface area contributed by atoms with Crippen molar-refractivity contribution in [3.05, 3.63) is 59.7 Å². The summed E-state index contributed by atoms with van der Waals surface area (Å²) in [6.07, 6.45) is 1.04. The minimum Gasteiger partial charge on any atom is -0.481 e. The molecular formula is C27H30N2O6. The third kappa shape index (κ3) is 4.50. The average Bonchev–Trinajstić information content (AvgIpc) is 3.55. The van der Waals surface area contributed by atoms with E-state index in [9.17, 15) is 14.4 Å². The van der Waals surface area contributed by atoms with E-state index < -0.39 is 23.5 Å². The molecule has 1 saturated carbocycles. The summed E-state index contributed by atoms with van der Waals surface area (Å²) in [5, 5.41) is 11.9.